The molecule has 0 aliphatic heterocycles. The molecule has 3 aromatic rings. The molecule has 0 amide bonds. The van der Waals surface area contributed by atoms with Crippen LogP contribution in [0.3, 0.4) is 0 Å². The maximum Gasteiger partial charge on any atom is 0.347 e. The van der Waals surface area contributed by atoms with Crippen LogP contribution < -0.4 is 5.32 Å². The van der Waals surface area contributed by atoms with Gasteiger partial charge in [-0.15, -0.1) is 0 Å². The zero-order valence-corrected chi connectivity index (χ0v) is 16.1. The largest absolute Gasteiger partial charge is 0.463 e. The third kappa shape index (κ3) is 4.73. The number of esters is 2. The number of furan rings is 1. The summed E-state index contributed by atoms with van der Waals surface area (Å²) in [6.45, 7) is 3.60. The number of para-hydroxylation sites is 1. The maximum atomic E-state index is 12.2. The fourth-order valence-corrected chi connectivity index (χ4v) is 2.56. The summed E-state index contributed by atoms with van der Waals surface area (Å²) in [5.41, 5.74) is 1.13. The van der Waals surface area contributed by atoms with E-state index in [1.165, 1.54) is 6.20 Å². The first kappa shape index (κ1) is 19.9. The molecule has 0 spiro atoms. The molecular weight excluding hydrogens is 374 g/mol. The second kappa shape index (κ2) is 9.41. The zero-order chi connectivity index (χ0) is 20.6. The Bertz CT molecular complexity index is 971. The van der Waals surface area contributed by atoms with Crippen LogP contribution >= 0.6 is 0 Å². The van der Waals surface area contributed by atoms with E-state index in [1.54, 1.807) is 43.0 Å². The summed E-state index contributed by atoms with van der Waals surface area (Å²) in [6, 6.07) is 14.7. The van der Waals surface area contributed by atoms with Crippen molar-refractivity contribution in [3.8, 4) is 17.1 Å². The molecule has 0 atom stereocenters. The summed E-state index contributed by atoms with van der Waals surface area (Å²) in [5, 5.41) is 7.53. The number of carbonyl (C=O) groups excluding carboxylic acids is 2. The Morgan fingerprint density at radius 1 is 1.07 bits per heavy atom. The first-order valence-corrected chi connectivity index (χ1v) is 9.14. The van der Waals surface area contributed by atoms with Crippen molar-refractivity contribution in [3.05, 3.63) is 66.6 Å². The number of benzene rings is 1. The van der Waals surface area contributed by atoms with Crippen LogP contribution in [0, 0.1) is 0 Å². The molecule has 0 aliphatic rings. The molecular formula is C21H21N3O5. The van der Waals surface area contributed by atoms with Gasteiger partial charge < -0.3 is 19.2 Å². The number of aromatic nitrogens is 2. The molecule has 2 heterocycles. The van der Waals surface area contributed by atoms with E-state index in [9.17, 15) is 9.59 Å². The SMILES string of the molecule is CCOC(=O)C(=CNc1cc(-c2ccco2)nn1-c1ccccc1)C(=O)OCC. The van der Waals surface area contributed by atoms with E-state index in [0.29, 0.717) is 17.3 Å². The molecule has 0 fully saturated rings. The Hall–Kier alpha value is -3.81. The highest BCUT2D eigenvalue weighted by Gasteiger charge is 2.21. The molecule has 3 rings (SSSR count). The predicted octanol–water partition coefficient (Wildman–Crippen LogP) is 3.55. The van der Waals surface area contributed by atoms with Crippen LogP contribution in [0.15, 0.2) is 71.0 Å². The van der Waals surface area contributed by atoms with Crippen molar-refractivity contribution in [1.82, 2.24) is 9.78 Å². The number of carbonyl (C=O) groups is 2. The van der Waals surface area contributed by atoms with Crippen molar-refractivity contribution >= 4 is 17.8 Å². The Labute approximate surface area is 167 Å². The van der Waals surface area contributed by atoms with Crippen LogP contribution in [0.4, 0.5) is 5.82 Å². The van der Waals surface area contributed by atoms with Gasteiger partial charge in [0.15, 0.2) is 11.3 Å². The number of hydrogen-bond acceptors (Lipinski definition) is 7. The van der Waals surface area contributed by atoms with Crippen molar-refractivity contribution in [3.63, 3.8) is 0 Å². The second-order valence-corrected chi connectivity index (χ2v) is 5.78. The Morgan fingerprint density at radius 3 is 2.34 bits per heavy atom. The lowest BCUT2D eigenvalue weighted by molar-refractivity contribution is -0.146. The Balaban J connectivity index is 1.98. The van der Waals surface area contributed by atoms with Crippen molar-refractivity contribution in [2.75, 3.05) is 18.5 Å². The second-order valence-electron chi connectivity index (χ2n) is 5.78. The number of nitrogens with zero attached hydrogens (tertiary/aromatic N) is 2. The highest BCUT2D eigenvalue weighted by atomic mass is 16.6. The summed E-state index contributed by atoms with van der Waals surface area (Å²) >= 11 is 0. The molecule has 1 aromatic carbocycles. The van der Waals surface area contributed by atoms with Crippen LogP contribution in [0.5, 0.6) is 0 Å². The lowest BCUT2D eigenvalue weighted by atomic mass is 10.3. The van der Waals surface area contributed by atoms with E-state index >= 15 is 0 Å². The van der Waals surface area contributed by atoms with Gasteiger partial charge in [-0.25, -0.2) is 14.3 Å². The lowest BCUT2D eigenvalue weighted by Crippen LogP contribution is -2.19. The van der Waals surface area contributed by atoms with Gasteiger partial charge >= 0.3 is 11.9 Å². The highest BCUT2D eigenvalue weighted by molar-refractivity contribution is 6.14. The molecule has 2 aromatic heterocycles. The molecule has 8 nitrogen and oxygen atoms in total. The van der Waals surface area contributed by atoms with E-state index in [2.05, 4.69) is 10.4 Å². The van der Waals surface area contributed by atoms with Gasteiger partial charge in [0, 0.05) is 12.3 Å². The number of rotatable bonds is 8. The Morgan fingerprint density at radius 2 is 1.76 bits per heavy atom. The third-order valence-electron chi connectivity index (χ3n) is 3.84. The van der Waals surface area contributed by atoms with Crippen molar-refractivity contribution in [2.45, 2.75) is 13.8 Å². The third-order valence-corrected chi connectivity index (χ3v) is 3.84. The van der Waals surface area contributed by atoms with Crippen LogP contribution in [-0.2, 0) is 19.1 Å². The van der Waals surface area contributed by atoms with E-state index in [0.717, 1.165) is 5.69 Å². The van der Waals surface area contributed by atoms with Crippen LogP contribution in [0.2, 0.25) is 0 Å². The van der Waals surface area contributed by atoms with Crippen LogP contribution in [-0.4, -0.2) is 34.9 Å². The summed E-state index contributed by atoms with van der Waals surface area (Å²) in [5.74, 6) is -0.428. The molecule has 0 aliphatic carbocycles. The number of hydrogen-bond donors (Lipinski definition) is 1. The molecule has 0 saturated carbocycles. The minimum Gasteiger partial charge on any atom is -0.463 e. The maximum absolute atomic E-state index is 12.2. The van der Waals surface area contributed by atoms with Crippen molar-refractivity contribution in [2.24, 2.45) is 0 Å². The van der Waals surface area contributed by atoms with Gasteiger partial charge in [-0.1, -0.05) is 18.2 Å². The van der Waals surface area contributed by atoms with E-state index in [4.69, 9.17) is 13.9 Å². The Kier molecular flexibility index (Phi) is 6.47. The van der Waals surface area contributed by atoms with Gasteiger partial charge in [-0.2, -0.15) is 5.10 Å². The fraction of sp³-hybridized carbons (Fsp3) is 0.190. The normalized spacial score (nSPS) is 10.3. The average Bonchev–Trinajstić information content (AvgIpc) is 3.39. The molecule has 0 bridgehead atoms. The van der Waals surface area contributed by atoms with E-state index < -0.39 is 11.9 Å². The molecule has 1 N–H and O–H groups in total. The fourth-order valence-electron chi connectivity index (χ4n) is 2.56. The quantitative estimate of drug-likeness (QED) is 0.270. The van der Waals surface area contributed by atoms with E-state index in [1.807, 2.05) is 30.3 Å². The van der Waals surface area contributed by atoms with Gasteiger partial charge in [0.1, 0.15) is 11.5 Å². The zero-order valence-electron chi connectivity index (χ0n) is 16.1. The lowest BCUT2D eigenvalue weighted by Gasteiger charge is -2.09. The number of anilines is 1. The number of ether oxygens (including phenoxy) is 2. The van der Waals surface area contributed by atoms with E-state index in [-0.39, 0.29) is 18.8 Å². The van der Waals surface area contributed by atoms with Crippen LogP contribution in [0.1, 0.15) is 13.8 Å². The topological polar surface area (TPSA) is 95.6 Å². The molecule has 150 valence electrons. The number of nitrogens with one attached hydrogen (secondary N) is 1. The smallest absolute Gasteiger partial charge is 0.347 e. The molecule has 8 heteroatoms. The predicted molar refractivity (Wildman–Crippen MR) is 106 cm³/mol. The monoisotopic (exact) mass is 395 g/mol. The standard InChI is InChI=1S/C21H21N3O5/c1-3-27-20(25)16(21(26)28-4-2)14-22-19-13-17(18-11-8-12-29-18)23-24(19)15-9-6-5-7-10-15/h5-14,22H,3-4H2,1-2H3. The van der Waals surface area contributed by atoms with Crippen LogP contribution in [0.25, 0.3) is 17.1 Å². The first-order valence-electron chi connectivity index (χ1n) is 9.14. The van der Waals surface area contributed by atoms with Crippen molar-refractivity contribution < 1.29 is 23.5 Å². The minimum atomic E-state index is -0.768. The first-order chi connectivity index (χ1) is 14.1. The molecule has 29 heavy (non-hydrogen) atoms. The molecule has 0 radical (unpaired) electrons. The highest BCUT2D eigenvalue weighted by Crippen LogP contribution is 2.25. The summed E-state index contributed by atoms with van der Waals surface area (Å²) in [6.07, 6.45) is 2.82. The van der Waals surface area contributed by atoms with Gasteiger partial charge in [0.25, 0.3) is 0 Å². The van der Waals surface area contributed by atoms with Gasteiger partial charge in [-0.05, 0) is 38.1 Å². The minimum absolute atomic E-state index is 0.139. The molecule has 0 saturated heterocycles. The summed E-state index contributed by atoms with van der Waals surface area (Å²) in [4.78, 5) is 24.3. The average molecular weight is 395 g/mol. The van der Waals surface area contributed by atoms with Gasteiger partial charge in [-0.3, -0.25) is 0 Å². The van der Waals surface area contributed by atoms with Gasteiger partial charge in [0.2, 0.25) is 0 Å². The molecule has 0 unspecified atom stereocenters. The van der Waals surface area contributed by atoms with Crippen molar-refractivity contribution in [1.29, 1.82) is 0 Å². The summed E-state index contributed by atoms with van der Waals surface area (Å²) in [7, 11) is 0. The summed E-state index contributed by atoms with van der Waals surface area (Å²) < 4.78 is 17.0. The van der Waals surface area contributed by atoms with Gasteiger partial charge in [0.05, 0.1) is 25.2 Å².